The maximum absolute atomic E-state index is 5.51. The zero-order valence-electron chi connectivity index (χ0n) is 10.8. The molecule has 3 N–H and O–H groups in total. The van der Waals surface area contributed by atoms with Crippen LogP contribution in [0.3, 0.4) is 0 Å². The van der Waals surface area contributed by atoms with Crippen molar-refractivity contribution in [2.45, 2.75) is 13.5 Å². The molecule has 1 aromatic heterocycles. The van der Waals surface area contributed by atoms with Gasteiger partial charge in [0.2, 0.25) is 5.95 Å². The summed E-state index contributed by atoms with van der Waals surface area (Å²) in [5, 5.41) is 0. The Morgan fingerprint density at radius 1 is 1.10 bits per heavy atom. The van der Waals surface area contributed by atoms with Gasteiger partial charge in [-0.05, 0) is 24.6 Å². The molecule has 7 nitrogen and oxygen atoms in total. The second-order valence-corrected chi connectivity index (χ2v) is 4.63. The van der Waals surface area contributed by atoms with Crippen LogP contribution < -0.4 is 20.7 Å². The van der Waals surface area contributed by atoms with Gasteiger partial charge in [-0.3, -0.25) is 5.43 Å². The van der Waals surface area contributed by atoms with E-state index in [2.05, 4.69) is 36.3 Å². The number of nitrogen functional groups attached to an aromatic ring is 1. The van der Waals surface area contributed by atoms with Crippen LogP contribution in [0.5, 0.6) is 12.0 Å². The Kier molecular flexibility index (Phi) is 5.08. The first-order valence-corrected chi connectivity index (χ1v) is 6.73. The number of hydrazine groups is 1. The highest BCUT2D eigenvalue weighted by Gasteiger charge is 2.07. The topological polar surface area (TPSA) is 95.2 Å². The molecular formula is C12H14BrN5O2. The van der Waals surface area contributed by atoms with Gasteiger partial charge in [-0.15, -0.1) is 4.98 Å². The van der Waals surface area contributed by atoms with Crippen LogP contribution in [0.4, 0.5) is 5.95 Å². The van der Waals surface area contributed by atoms with Crippen LogP contribution in [0.1, 0.15) is 12.5 Å². The Balaban J connectivity index is 2.07. The molecule has 0 saturated carbocycles. The lowest BCUT2D eigenvalue weighted by Crippen LogP contribution is -2.13. The molecule has 0 amide bonds. The van der Waals surface area contributed by atoms with Crippen LogP contribution in [0.15, 0.2) is 28.7 Å². The first-order valence-electron chi connectivity index (χ1n) is 5.94. The molecule has 0 saturated heterocycles. The molecule has 0 aliphatic carbocycles. The van der Waals surface area contributed by atoms with Crippen LogP contribution in [-0.2, 0) is 6.61 Å². The number of nitrogens with two attached hydrogens (primary N) is 1. The van der Waals surface area contributed by atoms with Gasteiger partial charge in [0.25, 0.3) is 0 Å². The summed E-state index contributed by atoms with van der Waals surface area (Å²) in [5.41, 5.74) is 3.34. The van der Waals surface area contributed by atoms with Crippen LogP contribution in [0.25, 0.3) is 0 Å². The minimum atomic E-state index is 0.152. The molecule has 20 heavy (non-hydrogen) atoms. The number of benzene rings is 1. The summed E-state index contributed by atoms with van der Waals surface area (Å²) >= 11 is 3.37. The molecule has 0 aliphatic rings. The fraction of sp³-hybridized carbons (Fsp3) is 0.250. The van der Waals surface area contributed by atoms with Crippen molar-refractivity contribution < 1.29 is 9.47 Å². The van der Waals surface area contributed by atoms with Gasteiger partial charge in [0.05, 0.1) is 6.61 Å². The van der Waals surface area contributed by atoms with E-state index < -0.39 is 0 Å². The van der Waals surface area contributed by atoms with Crippen molar-refractivity contribution in [3.8, 4) is 12.0 Å². The second-order valence-electron chi connectivity index (χ2n) is 3.72. The Morgan fingerprint density at radius 3 is 2.35 bits per heavy atom. The van der Waals surface area contributed by atoms with Crippen molar-refractivity contribution in [1.29, 1.82) is 0 Å². The van der Waals surface area contributed by atoms with E-state index in [0.717, 1.165) is 10.0 Å². The molecule has 0 fully saturated rings. The Morgan fingerprint density at radius 2 is 1.75 bits per heavy atom. The minimum Gasteiger partial charge on any atom is -0.464 e. The lowest BCUT2D eigenvalue weighted by molar-refractivity contribution is 0.261. The van der Waals surface area contributed by atoms with Crippen molar-refractivity contribution in [1.82, 2.24) is 15.0 Å². The number of hydrogen-bond acceptors (Lipinski definition) is 7. The lowest BCUT2D eigenvalue weighted by Gasteiger charge is -2.08. The molecule has 0 spiro atoms. The molecule has 2 rings (SSSR count). The fourth-order valence-electron chi connectivity index (χ4n) is 1.39. The highest BCUT2D eigenvalue weighted by Crippen LogP contribution is 2.15. The molecule has 1 aromatic carbocycles. The quantitative estimate of drug-likeness (QED) is 0.612. The van der Waals surface area contributed by atoms with E-state index in [1.807, 2.05) is 31.2 Å². The molecule has 0 aliphatic heterocycles. The number of nitrogens with zero attached hydrogens (tertiary/aromatic N) is 3. The highest BCUT2D eigenvalue weighted by atomic mass is 79.9. The van der Waals surface area contributed by atoms with Crippen LogP contribution in [0, 0.1) is 0 Å². The van der Waals surface area contributed by atoms with Gasteiger partial charge in [0, 0.05) is 4.47 Å². The summed E-state index contributed by atoms with van der Waals surface area (Å²) in [4.78, 5) is 12.0. The molecule has 1 heterocycles. The molecule has 0 atom stereocenters. The fourth-order valence-corrected chi connectivity index (χ4v) is 1.65. The summed E-state index contributed by atoms with van der Waals surface area (Å²) in [5.74, 6) is 5.48. The van der Waals surface area contributed by atoms with Crippen molar-refractivity contribution >= 4 is 21.9 Å². The first kappa shape index (κ1) is 14.5. The van der Waals surface area contributed by atoms with Crippen LogP contribution in [-0.4, -0.2) is 21.6 Å². The molecule has 0 bridgehead atoms. The van der Waals surface area contributed by atoms with Gasteiger partial charge < -0.3 is 9.47 Å². The third-order valence-corrected chi connectivity index (χ3v) is 2.81. The van der Waals surface area contributed by atoms with Gasteiger partial charge in [0.1, 0.15) is 6.61 Å². The third kappa shape index (κ3) is 4.04. The third-order valence-electron chi connectivity index (χ3n) is 2.28. The SMILES string of the molecule is CCOc1nc(NN)nc(OCc2ccc(Br)cc2)n1. The zero-order chi connectivity index (χ0) is 14.4. The summed E-state index contributed by atoms with van der Waals surface area (Å²) in [6, 6.07) is 8.07. The van der Waals surface area contributed by atoms with Crippen molar-refractivity contribution in [2.75, 3.05) is 12.0 Å². The smallest absolute Gasteiger partial charge is 0.324 e. The predicted molar refractivity (Wildman–Crippen MR) is 77.3 cm³/mol. The number of halogens is 1. The minimum absolute atomic E-state index is 0.152. The Labute approximate surface area is 124 Å². The average molecular weight is 340 g/mol. The summed E-state index contributed by atoms with van der Waals surface area (Å²) in [7, 11) is 0. The second kappa shape index (κ2) is 7.01. The predicted octanol–water partition coefficient (Wildman–Crippen LogP) is 1.90. The van der Waals surface area contributed by atoms with Crippen LogP contribution in [0.2, 0.25) is 0 Å². The number of ether oxygens (including phenoxy) is 2. The number of anilines is 1. The normalized spacial score (nSPS) is 10.2. The van der Waals surface area contributed by atoms with E-state index in [9.17, 15) is 0 Å². The molecule has 8 heteroatoms. The van der Waals surface area contributed by atoms with Crippen LogP contribution >= 0.6 is 15.9 Å². The number of nitrogens with one attached hydrogen (secondary N) is 1. The highest BCUT2D eigenvalue weighted by molar-refractivity contribution is 9.10. The van der Waals surface area contributed by atoms with Gasteiger partial charge >= 0.3 is 12.0 Å². The van der Waals surface area contributed by atoms with E-state index in [0.29, 0.717) is 13.2 Å². The van der Waals surface area contributed by atoms with E-state index in [1.165, 1.54) is 0 Å². The van der Waals surface area contributed by atoms with Gasteiger partial charge in [-0.25, -0.2) is 5.84 Å². The maximum Gasteiger partial charge on any atom is 0.324 e. The van der Waals surface area contributed by atoms with Crippen molar-refractivity contribution in [3.05, 3.63) is 34.3 Å². The van der Waals surface area contributed by atoms with Gasteiger partial charge in [-0.2, -0.15) is 9.97 Å². The first-order chi connectivity index (χ1) is 9.71. The van der Waals surface area contributed by atoms with Gasteiger partial charge in [0.15, 0.2) is 0 Å². The molecular weight excluding hydrogens is 326 g/mol. The Bertz CT molecular complexity index is 564. The summed E-state index contributed by atoms with van der Waals surface area (Å²) < 4.78 is 11.7. The van der Waals surface area contributed by atoms with Crippen molar-refractivity contribution in [3.63, 3.8) is 0 Å². The largest absolute Gasteiger partial charge is 0.464 e. The lowest BCUT2D eigenvalue weighted by atomic mass is 10.2. The zero-order valence-corrected chi connectivity index (χ0v) is 12.4. The van der Waals surface area contributed by atoms with E-state index >= 15 is 0 Å². The standard InChI is InChI=1S/C12H14BrN5O2/c1-2-19-11-15-10(18-14)16-12(17-11)20-7-8-3-5-9(13)6-4-8/h3-6H,2,7,14H2,1H3,(H,15,16,17,18). The summed E-state index contributed by atoms with van der Waals surface area (Å²) in [6.45, 7) is 2.62. The van der Waals surface area contributed by atoms with E-state index in [1.54, 1.807) is 0 Å². The maximum atomic E-state index is 5.51. The molecule has 106 valence electrons. The van der Waals surface area contributed by atoms with E-state index in [4.69, 9.17) is 15.3 Å². The van der Waals surface area contributed by atoms with Crippen molar-refractivity contribution in [2.24, 2.45) is 5.84 Å². The van der Waals surface area contributed by atoms with E-state index in [-0.39, 0.29) is 18.0 Å². The number of rotatable bonds is 6. The molecule has 0 radical (unpaired) electrons. The Hall–Kier alpha value is -1.93. The number of aromatic nitrogens is 3. The monoisotopic (exact) mass is 339 g/mol. The summed E-state index contributed by atoms with van der Waals surface area (Å²) in [6.07, 6.45) is 0. The molecule has 0 unspecified atom stereocenters. The number of hydrogen-bond donors (Lipinski definition) is 2. The average Bonchev–Trinajstić information content (AvgIpc) is 2.47. The van der Waals surface area contributed by atoms with Gasteiger partial charge in [-0.1, -0.05) is 28.1 Å². The molecule has 2 aromatic rings.